The predicted molar refractivity (Wildman–Crippen MR) is 75.2 cm³/mol. The van der Waals surface area contributed by atoms with Crippen LogP contribution in [0.4, 0.5) is 0 Å². The lowest BCUT2D eigenvalue weighted by Crippen LogP contribution is -2.27. The lowest BCUT2D eigenvalue weighted by molar-refractivity contribution is -0.137. The van der Waals surface area contributed by atoms with Crippen molar-refractivity contribution in [1.29, 1.82) is 0 Å². The molecule has 1 heterocycles. The molecule has 0 spiro atoms. The molecule has 19 heavy (non-hydrogen) atoms. The Balaban J connectivity index is 2.34. The summed E-state index contributed by atoms with van der Waals surface area (Å²) in [4.78, 5) is 11.4. The largest absolute Gasteiger partial charge is 0.493 e. The van der Waals surface area contributed by atoms with E-state index in [0.29, 0.717) is 6.61 Å². The van der Waals surface area contributed by atoms with E-state index in [2.05, 4.69) is 13.8 Å². The van der Waals surface area contributed by atoms with E-state index in [1.165, 1.54) is 11.6 Å². The van der Waals surface area contributed by atoms with Gasteiger partial charge in [-0.15, -0.1) is 0 Å². The summed E-state index contributed by atoms with van der Waals surface area (Å²) in [5.41, 5.74) is 2.25. The standard InChI is InChI=1S/C16H20O3/c1-4-18-14(17)9-8-12-6-5-7-13-15(12)16(2,3)10-11-19-13/h5-9H,4,10-11H2,1-3H3/b9-8+. The maximum atomic E-state index is 11.4. The third-order valence-corrected chi connectivity index (χ3v) is 3.41. The van der Waals surface area contributed by atoms with Gasteiger partial charge in [-0.2, -0.15) is 0 Å². The Morgan fingerprint density at radius 2 is 2.26 bits per heavy atom. The van der Waals surface area contributed by atoms with Gasteiger partial charge in [0.05, 0.1) is 13.2 Å². The molecule has 0 atom stereocenters. The number of esters is 1. The second-order valence-corrected chi connectivity index (χ2v) is 5.29. The zero-order valence-electron chi connectivity index (χ0n) is 11.7. The molecule has 0 fully saturated rings. The molecule has 1 aromatic rings. The van der Waals surface area contributed by atoms with Crippen molar-refractivity contribution in [3.8, 4) is 5.75 Å². The highest BCUT2D eigenvalue weighted by atomic mass is 16.5. The molecule has 0 saturated heterocycles. The van der Waals surface area contributed by atoms with Gasteiger partial charge in [0.15, 0.2) is 0 Å². The second-order valence-electron chi connectivity index (χ2n) is 5.29. The van der Waals surface area contributed by atoms with Crippen molar-refractivity contribution in [1.82, 2.24) is 0 Å². The van der Waals surface area contributed by atoms with Crippen molar-refractivity contribution in [2.75, 3.05) is 13.2 Å². The van der Waals surface area contributed by atoms with Crippen molar-refractivity contribution in [2.45, 2.75) is 32.6 Å². The van der Waals surface area contributed by atoms with Crippen molar-refractivity contribution < 1.29 is 14.3 Å². The highest BCUT2D eigenvalue weighted by Gasteiger charge is 2.30. The fraction of sp³-hybridized carbons (Fsp3) is 0.438. The minimum Gasteiger partial charge on any atom is -0.493 e. The number of carbonyl (C=O) groups excluding carboxylic acids is 1. The van der Waals surface area contributed by atoms with Crippen LogP contribution in [0.3, 0.4) is 0 Å². The molecule has 1 aliphatic rings. The summed E-state index contributed by atoms with van der Waals surface area (Å²) in [6.07, 6.45) is 4.27. The van der Waals surface area contributed by atoms with E-state index in [1.54, 1.807) is 6.92 Å². The highest BCUT2D eigenvalue weighted by Crippen LogP contribution is 2.40. The Morgan fingerprint density at radius 3 is 3.00 bits per heavy atom. The average molecular weight is 260 g/mol. The molecule has 0 radical (unpaired) electrons. The molecule has 2 rings (SSSR count). The molecule has 0 aromatic heterocycles. The van der Waals surface area contributed by atoms with Crippen molar-refractivity contribution in [3.05, 3.63) is 35.4 Å². The maximum Gasteiger partial charge on any atom is 0.330 e. The minimum absolute atomic E-state index is 0.0587. The van der Waals surface area contributed by atoms with Crippen LogP contribution in [0.2, 0.25) is 0 Å². The summed E-state index contributed by atoms with van der Waals surface area (Å²) in [7, 11) is 0. The number of fused-ring (bicyclic) bond motifs is 1. The minimum atomic E-state index is -0.311. The molecule has 0 amide bonds. The van der Waals surface area contributed by atoms with Gasteiger partial charge in [-0.1, -0.05) is 26.0 Å². The van der Waals surface area contributed by atoms with Gasteiger partial charge in [-0.3, -0.25) is 0 Å². The van der Waals surface area contributed by atoms with E-state index in [0.717, 1.165) is 24.3 Å². The normalized spacial score (nSPS) is 16.8. The molecule has 3 nitrogen and oxygen atoms in total. The predicted octanol–water partition coefficient (Wildman–Crippen LogP) is 3.32. The van der Waals surface area contributed by atoms with E-state index >= 15 is 0 Å². The van der Waals surface area contributed by atoms with E-state index in [-0.39, 0.29) is 11.4 Å². The molecular formula is C16H20O3. The van der Waals surface area contributed by atoms with Crippen LogP contribution in [0.1, 0.15) is 38.3 Å². The Kier molecular flexibility index (Phi) is 3.93. The van der Waals surface area contributed by atoms with Gasteiger partial charge in [0.25, 0.3) is 0 Å². The van der Waals surface area contributed by atoms with Crippen LogP contribution in [0.5, 0.6) is 5.75 Å². The van der Waals surface area contributed by atoms with Crippen LogP contribution < -0.4 is 4.74 Å². The molecule has 1 aliphatic heterocycles. The Bertz CT molecular complexity index is 501. The van der Waals surface area contributed by atoms with Gasteiger partial charge in [0, 0.05) is 11.6 Å². The summed E-state index contributed by atoms with van der Waals surface area (Å²) >= 11 is 0. The summed E-state index contributed by atoms with van der Waals surface area (Å²) < 4.78 is 10.6. The third kappa shape index (κ3) is 2.98. The zero-order valence-corrected chi connectivity index (χ0v) is 11.7. The van der Waals surface area contributed by atoms with E-state index in [9.17, 15) is 4.79 Å². The number of rotatable bonds is 3. The molecular weight excluding hydrogens is 240 g/mol. The van der Waals surface area contributed by atoms with Crippen LogP contribution in [0.15, 0.2) is 24.3 Å². The number of benzene rings is 1. The Hall–Kier alpha value is -1.77. The topological polar surface area (TPSA) is 35.5 Å². The molecule has 102 valence electrons. The van der Waals surface area contributed by atoms with Crippen LogP contribution in [-0.2, 0) is 14.9 Å². The smallest absolute Gasteiger partial charge is 0.330 e. The zero-order chi connectivity index (χ0) is 13.9. The average Bonchev–Trinajstić information content (AvgIpc) is 2.36. The summed E-state index contributed by atoms with van der Waals surface area (Å²) in [6, 6.07) is 5.94. The van der Waals surface area contributed by atoms with E-state index in [1.807, 2.05) is 24.3 Å². The lowest BCUT2D eigenvalue weighted by atomic mass is 9.77. The van der Waals surface area contributed by atoms with Gasteiger partial charge < -0.3 is 9.47 Å². The molecule has 0 unspecified atom stereocenters. The second kappa shape index (κ2) is 5.47. The molecule has 0 N–H and O–H groups in total. The summed E-state index contributed by atoms with van der Waals surface area (Å²) in [5, 5.41) is 0. The first-order valence-corrected chi connectivity index (χ1v) is 6.66. The number of hydrogen-bond acceptors (Lipinski definition) is 3. The number of ether oxygens (including phenoxy) is 2. The van der Waals surface area contributed by atoms with Gasteiger partial charge in [-0.05, 0) is 36.5 Å². The van der Waals surface area contributed by atoms with E-state index < -0.39 is 0 Å². The number of carbonyl (C=O) groups is 1. The van der Waals surface area contributed by atoms with Crippen molar-refractivity contribution in [3.63, 3.8) is 0 Å². The summed E-state index contributed by atoms with van der Waals surface area (Å²) in [5.74, 6) is 0.608. The molecule has 3 heteroatoms. The monoisotopic (exact) mass is 260 g/mol. The molecule has 0 aliphatic carbocycles. The fourth-order valence-corrected chi connectivity index (χ4v) is 2.42. The first kappa shape index (κ1) is 13.7. The third-order valence-electron chi connectivity index (χ3n) is 3.41. The quantitative estimate of drug-likeness (QED) is 0.617. The van der Waals surface area contributed by atoms with Gasteiger partial charge in [0.2, 0.25) is 0 Å². The highest BCUT2D eigenvalue weighted by molar-refractivity contribution is 5.87. The lowest BCUT2D eigenvalue weighted by Gasteiger charge is -2.33. The molecule has 0 bridgehead atoms. The molecule has 0 saturated carbocycles. The first-order valence-electron chi connectivity index (χ1n) is 6.66. The Morgan fingerprint density at radius 1 is 1.47 bits per heavy atom. The first-order chi connectivity index (χ1) is 9.04. The van der Waals surface area contributed by atoms with Crippen LogP contribution in [-0.4, -0.2) is 19.2 Å². The SMILES string of the molecule is CCOC(=O)/C=C/c1cccc2c1C(C)(C)CCO2. The fourth-order valence-electron chi connectivity index (χ4n) is 2.42. The van der Waals surface area contributed by atoms with E-state index in [4.69, 9.17) is 9.47 Å². The van der Waals surface area contributed by atoms with Crippen LogP contribution >= 0.6 is 0 Å². The maximum absolute atomic E-state index is 11.4. The van der Waals surface area contributed by atoms with Gasteiger partial charge >= 0.3 is 5.97 Å². The Labute approximate surface area is 114 Å². The molecule has 1 aromatic carbocycles. The van der Waals surface area contributed by atoms with Crippen molar-refractivity contribution in [2.24, 2.45) is 0 Å². The van der Waals surface area contributed by atoms with Gasteiger partial charge in [0.1, 0.15) is 5.75 Å². The van der Waals surface area contributed by atoms with Gasteiger partial charge in [-0.25, -0.2) is 4.79 Å². The number of hydrogen-bond donors (Lipinski definition) is 0. The van der Waals surface area contributed by atoms with Crippen LogP contribution in [0, 0.1) is 0 Å². The van der Waals surface area contributed by atoms with Crippen LogP contribution in [0.25, 0.3) is 6.08 Å². The summed E-state index contributed by atoms with van der Waals surface area (Å²) in [6.45, 7) is 7.34. The van der Waals surface area contributed by atoms with Crippen molar-refractivity contribution >= 4 is 12.0 Å².